The molecular formula is C19H22N4O8. The third-order valence-electron chi connectivity index (χ3n) is 4.57. The first-order valence-corrected chi connectivity index (χ1v) is 9.34. The van der Waals surface area contributed by atoms with E-state index in [1.165, 1.54) is 26.1 Å². The third kappa shape index (κ3) is 7.17. The van der Waals surface area contributed by atoms with Crippen LogP contribution in [0.15, 0.2) is 35.5 Å². The second-order valence-electron chi connectivity index (χ2n) is 6.92. The predicted molar refractivity (Wildman–Crippen MR) is 109 cm³/mol. The number of carbonyl (C=O) groups excluding carboxylic acids is 2. The predicted octanol–water partition coefficient (Wildman–Crippen LogP) is 2.84. The lowest BCUT2D eigenvalue weighted by atomic mass is 9.80. The molecule has 3 atom stereocenters. The summed E-state index contributed by atoms with van der Waals surface area (Å²) in [4.78, 5) is 42.8. The first-order valence-electron chi connectivity index (χ1n) is 9.34. The lowest BCUT2D eigenvalue weighted by molar-refractivity contribution is -0.393. The smallest absolute Gasteiger partial charge is 0.302 e. The zero-order chi connectivity index (χ0) is 23.0. The van der Waals surface area contributed by atoms with Gasteiger partial charge in [0.05, 0.1) is 29.1 Å². The molecule has 0 saturated carbocycles. The van der Waals surface area contributed by atoms with Crippen molar-refractivity contribution in [2.75, 3.05) is 18.6 Å². The van der Waals surface area contributed by atoms with Crippen LogP contribution in [0.2, 0.25) is 0 Å². The number of nitro benzene ring substituents is 2. The summed E-state index contributed by atoms with van der Waals surface area (Å²) >= 11 is 0. The summed E-state index contributed by atoms with van der Waals surface area (Å²) in [5, 5.41) is 26.1. The Hall–Kier alpha value is -3.83. The molecule has 12 heteroatoms. The van der Waals surface area contributed by atoms with Crippen LogP contribution in [0.25, 0.3) is 0 Å². The Morgan fingerprint density at radius 1 is 1.13 bits per heavy atom. The highest BCUT2D eigenvalue weighted by Crippen LogP contribution is 2.30. The zero-order valence-electron chi connectivity index (χ0n) is 16.9. The second-order valence-corrected chi connectivity index (χ2v) is 6.92. The Bertz CT molecular complexity index is 914. The van der Waals surface area contributed by atoms with Gasteiger partial charge in [0, 0.05) is 43.9 Å². The number of anilines is 1. The van der Waals surface area contributed by atoms with E-state index < -0.39 is 33.2 Å². The monoisotopic (exact) mass is 434 g/mol. The van der Waals surface area contributed by atoms with Crippen LogP contribution in [0, 0.1) is 38.0 Å². The van der Waals surface area contributed by atoms with Gasteiger partial charge in [-0.25, -0.2) is 0 Å². The van der Waals surface area contributed by atoms with Crippen molar-refractivity contribution in [3.8, 4) is 0 Å². The number of carbonyl (C=O) groups is 2. The Morgan fingerprint density at radius 3 is 2.42 bits per heavy atom. The standard InChI is InChI=1S/C19H22N4O8/c1-12(24)30-10-14-3-4-15(11-31-13(2)25)16(7-14)9-20-21-18-6-5-17(22(26)27)8-19(18)23(28)29/h3-6,8-9,14-16,21H,7,10-11H2,1-2H3/b20-9+/t14-,15-,16+/m1/s1. The number of ether oxygens (including phenoxy) is 2. The van der Waals surface area contributed by atoms with Gasteiger partial charge in [0.1, 0.15) is 5.69 Å². The molecule has 0 unspecified atom stereocenters. The molecule has 0 bridgehead atoms. The van der Waals surface area contributed by atoms with E-state index in [1.807, 2.05) is 12.2 Å². The normalized spacial score (nSPS) is 20.3. The van der Waals surface area contributed by atoms with Crippen LogP contribution < -0.4 is 5.43 Å². The third-order valence-corrected chi connectivity index (χ3v) is 4.57. The number of rotatable bonds is 9. The zero-order valence-corrected chi connectivity index (χ0v) is 16.9. The van der Waals surface area contributed by atoms with Crippen molar-refractivity contribution in [1.29, 1.82) is 0 Å². The van der Waals surface area contributed by atoms with E-state index in [9.17, 15) is 29.8 Å². The molecule has 0 saturated heterocycles. The molecule has 1 aromatic carbocycles. The molecule has 0 aliphatic heterocycles. The van der Waals surface area contributed by atoms with Crippen molar-refractivity contribution in [3.05, 3.63) is 50.6 Å². The topological polar surface area (TPSA) is 163 Å². The molecule has 0 heterocycles. The van der Waals surface area contributed by atoms with Gasteiger partial charge in [-0.1, -0.05) is 12.2 Å². The Kier molecular flexibility index (Phi) is 8.17. The number of hydrogen-bond acceptors (Lipinski definition) is 10. The summed E-state index contributed by atoms with van der Waals surface area (Å²) in [5.74, 6) is -1.29. The number of benzene rings is 1. The lowest BCUT2D eigenvalue weighted by Crippen LogP contribution is -2.28. The lowest BCUT2D eigenvalue weighted by Gasteiger charge is -2.28. The van der Waals surface area contributed by atoms with Crippen molar-refractivity contribution >= 4 is 35.2 Å². The first kappa shape index (κ1) is 23.4. The van der Waals surface area contributed by atoms with Crippen LogP contribution in [-0.2, 0) is 19.1 Å². The van der Waals surface area contributed by atoms with E-state index in [-0.39, 0.29) is 36.7 Å². The summed E-state index contributed by atoms with van der Waals surface area (Å²) in [6, 6.07) is 3.18. The van der Waals surface area contributed by atoms with Crippen molar-refractivity contribution in [2.24, 2.45) is 22.9 Å². The van der Waals surface area contributed by atoms with E-state index in [0.717, 1.165) is 12.1 Å². The molecule has 0 fully saturated rings. The largest absolute Gasteiger partial charge is 0.465 e. The molecular weight excluding hydrogens is 412 g/mol. The molecule has 1 aliphatic carbocycles. The number of nitrogens with zero attached hydrogens (tertiary/aromatic N) is 3. The summed E-state index contributed by atoms with van der Waals surface area (Å²) < 4.78 is 10.1. The summed E-state index contributed by atoms with van der Waals surface area (Å²) in [7, 11) is 0. The number of hydrazone groups is 1. The minimum Gasteiger partial charge on any atom is -0.465 e. The fraction of sp³-hybridized carbons (Fsp3) is 0.421. The van der Waals surface area contributed by atoms with Crippen molar-refractivity contribution in [1.82, 2.24) is 0 Å². The van der Waals surface area contributed by atoms with Crippen LogP contribution in [-0.4, -0.2) is 41.2 Å². The highest BCUT2D eigenvalue weighted by Gasteiger charge is 2.27. The molecule has 2 rings (SSSR count). The van der Waals surface area contributed by atoms with E-state index in [2.05, 4.69) is 10.5 Å². The second kappa shape index (κ2) is 10.8. The molecule has 0 spiro atoms. The van der Waals surface area contributed by atoms with Gasteiger partial charge in [-0.2, -0.15) is 5.10 Å². The van der Waals surface area contributed by atoms with E-state index in [4.69, 9.17) is 9.47 Å². The van der Waals surface area contributed by atoms with Crippen LogP contribution in [0.4, 0.5) is 17.1 Å². The Morgan fingerprint density at radius 2 is 1.81 bits per heavy atom. The minimum absolute atomic E-state index is 0.00815. The average Bonchev–Trinajstić information content (AvgIpc) is 2.71. The molecule has 1 aromatic rings. The van der Waals surface area contributed by atoms with Crippen LogP contribution in [0.1, 0.15) is 20.3 Å². The van der Waals surface area contributed by atoms with Crippen molar-refractivity contribution in [2.45, 2.75) is 20.3 Å². The highest BCUT2D eigenvalue weighted by atomic mass is 16.6. The fourth-order valence-corrected chi connectivity index (χ4v) is 3.04. The molecule has 166 valence electrons. The average molecular weight is 434 g/mol. The molecule has 31 heavy (non-hydrogen) atoms. The quantitative estimate of drug-likeness (QED) is 0.202. The van der Waals surface area contributed by atoms with E-state index >= 15 is 0 Å². The number of non-ortho nitro benzene ring substituents is 1. The summed E-state index contributed by atoms with van der Waals surface area (Å²) in [6.07, 6.45) is 5.81. The van der Waals surface area contributed by atoms with E-state index in [0.29, 0.717) is 6.42 Å². The maximum atomic E-state index is 11.2. The maximum Gasteiger partial charge on any atom is 0.302 e. The van der Waals surface area contributed by atoms with Gasteiger partial charge in [-0.15, -0.1) is 0 Å². The van der Waals surface area contributed by atoms with E-state index in [1.54, 1.807) is 0 Å². The molecule has 0 aromatic heterocycles. The maximum absolute atomic E-state index is 11.2. The van der Waals surface area contributed by atoms with Gasteiger partial charge in [-0.3, -0.25) is 35.2 Å². The van der Waals surface area contributed by atoms with Gasteiger partial charge in [0.15, 0.2) is 0 Å². The highest BCUT2D eigenvalue weighted by molar-refractivity contribution is 5.69. The molecule has 1 N–H and O–H groups in total. The van der Waals surface area contributed by atoms with Gasteiger partial charge in [-0.05, 0) is 12.5 Å². The summed E-state index contributed by atoms with van der Waals surface area (Å²) in [5.41, 5.74) is 1.64. The van der Waals surface area contributed by atoms with Crippen LogP contribution in [0.3, 0.4) is 0 Å². The Balaban J connectivity index is 2.15. The number of nitrogens with one attached hydrogen (secondary N) is 1. The fourth-order valence-electron chi connectivity index (χ4n) is 3.04. The van der Waals surface area contributed by atoms with Crippen LogP contribution in [0.5, 0.6) is 0 Å². The number of nitro groups is 2. The van der Waals surface area contributed by atoms with Crippen LogP contribution >= 0.6 is 0 Å². The molecule has 12 nitrogen and oxygen atoms in total. The van der Waals surface area contributed by atoms with Gasteiger partial charge < -0.3 is 9.47 Å². The summed E-state index contributed by atoms with van der Waals surface area (Å²) in [6.45, 7) is 2.93. The molecule has 1 aliphatic rings. The van der Waals surface area contributed by atoms with Crippen molar-refractivity contribution in [3.63, 3.8) is 0 Å². The Labute approximate surface area is 177 Å². The first-order chi connectivity index (χ1) is 14.7. The SMILES string of the molecule is CC(=O)OC[C@@H]1C=C[C@H](COC(C)=O)[C@H](/C=N/Nc2ccc([N+](=O)[O-])cc2[N+](=O)[O-])C1. The molecule has 0 radical (unpaired) electrons. The van der Waals surface area contributed by atoms with Gasteiger partial charge in [0.2, 0.25) is 0 Å². The van der Waals surface area contributed by atoms with Gasteiger partial charge in [0.25, 0.3) is 5.69 Å². The number of esters is 2. The number of hydrogen-bond donors (Lipinski definition) is 1. The molecule has 0 amide bonds. The van der Waals surface area contributed by atoms with Gasteiger partial charge >= 0.3 is 17.6 Å². The minimum atomic E-state index is -0.743. The van der Waals surface area contributed by atoms with Crippen molar-refractivity contribution < 1.29 is 28.9 Å².